The fourth-order valence-corrected chi connectivity index (χ4v) is 2.61. The Labute approximate surface area is 151 Å². The van der Waals surface area contributed by atoms with Gasteiger partial charge in [0.1, 0.15) is 6.33 Å². The van der Waals surface area contributed by atoms with Crippen molar-refractivity contribution in [2.75, 3.05) is 5.32 Å². The van der Waals surface area contributed by atoms with Gasteiger partial charge in [-0.3, -0.25) is 10.1 Å². The molecule has 26 heavy (non-hydrogen) atoms. The van der Waals surface area contributed by atoms with E-state index in [1.807, 2.05) is 6.07 Å². The van der Waals surface area contributed by atoms with Gasteiger partial charge in [0.15, 0.2) is 11.3 Å². The molecule has 0 saturated carbocycles. The summed E-state index contributed by atoms with van der Waals surface area (Å²) in [6, 6.07) is 13.2. The zero-order valence-electron chi connectivity index (χ0n) is 13.1. The van der Waals surface area contributed by atoms with Crippen molar-refractivity contribution in [1.82, 2.24) is 15.0 Å². The first kappa shape index (κ1) is 16.0. The zero-order chi connectivity index (χ0) is 18.1. The van der Waals surface area contributed by atoms with Crippen LogP contribution >= 0.6 is 11.6 Å². The van der Waals surface area contributed by atoms with E-state index in [1.165, 1.54) is 18.5 Å². The Bertz CT molecular complexity index is 1130. The number of hydrogen-bond donors (Lipinski definition) is 1. The van der Waals surface area contributed by atoms with Crippen molar-refractivity contribution in [2.45, 2.75) is 0 Å². The van der Waals surface area contributed by atoms with E-state index in [4.69, 9.17) is 16.0 Å². The second-order valence-corrected chi connectivity index (χ2v) is 5.77. The molecule has 0 spiro atoms. The quantitative estimate of drug-likeness (QED) is 0.415. The molecule has 2 aromatic carbocycles. The molecule has 2 aromatic heterocycles. The number of fused-ring (bicyclic) bond motifs is 1. The Morgan fingerprint density at radius 2 is 1.96 bits per heavy atom. The predicted molar refractivity (Wildman–Crippen MR) is 96.4 cm³/mol. The molecule has 8 nitrogen and oxygen atoms in total. The number of nitrogens with one attached hydrogen (secondary N) is 1. The lowest BCUT2D eigenvalue weighted by Gasteiger charge is -2.05. The van der Waals surface area contributed by atoms with Crippen LogP contribution in [-0.2, 0) is 0 Å². The molecule has 4 rings (SSSR count). The number of nitrogens with zero attached hydrogens (tertiary/aromatic N) is 4. The molecule has 0 fully saturated rings. The highest BCUT2D eigenvalue weighted by atomic mass is 35.5. The van der Waals surface area contributed by atoms with Gasteiger partial charge in [0.25, 0.3) is 11.4 Å². The summed E-state index contributed by atoms with van der Waals surface area (Å²) in [7, 11) is 0. The summed E-state index contributed by atoms with van der Waals surface area (Å²) in [5.74, 6) is 0.663. The van der Waals surface area contributed by atoms with Crippen molar-refractivity contribution in [3.63, 3.8) is 0 Å². The second kappa shape index (κ2) is 6.41. The number of aromatic nitrogens is 3. The average molecular weight is 368 g/mol. The molecule has 0 saturated heterocycles. The second-order valence-electron chi connectivity index (χ2n) is 5.34. The minimum Gasteiger partial charge on any atom is -0.417 e. The van der Waals surface area contributed by atoms with E-state index in [-0.39, 0.29) is 17.3 Å². The van der Waals surface area contributed by atoms with Gasteiger partial charge in [0, 0.05) is 28.4 Å². The van der Waals surface area contributed by atoms with Gasteiger partial charge in [-0.15, -0.1) is 0 Å². The van der Waals surface area contributed by atoms with Crippen LogP contribution in [0.1, 0.15) is 0 Å². The van der Waals surface area contributed by atoms with Gasteiger partial charge in [-0.25, -0.2) is 9.97 Å². The standard InChI is InChI=1S/C17H10ClN5O3/c18-11-4-2-5-12(8-11)21-15-14-17(20-9-19-15)26-16(22-14)10-3-1-6-13(7-10)23(24)25/h1-9H,(H,19,20,21). The van der Waals surface area contributed by atoms with Crippen molar-refractivity contribution in [3.05, 3.63) is 70.0 Å². The van der Waals surface area contributed by atoms with Crippen molar-refractivity contribution in [2.24, 2.45) is 0 Å². The largest absolute Gasteiger partial charge is 0.417 e. The monoisotopic (exact) mass is 367 g/mol. The molecule has 9 heteroatoms. The van der Waals surface area contributed by atoms with Crippen LogP contribution in [0, 0.1) is 10.1 Å². The molecule has 0 aliphatic carbocycles. The van der Waals surface area contributed by atoms with Crippen molar-refractivity contribution < 1.29 is 9.34 Å². The van der Waals surface area contributed by atoms with Gasteiger partial charge in [-0.1, -0.05) is 23.7 Å². The predicted octanol–water partition coefficient (Wildman–Crippen LogP) is 4.59. The number of halogens is 1. The number of nitro benzene ring substituents is 1. The van der Waals surface area contributed by atoms with E-state index in [0.717, 1.165) is 5.69 Å². The Morgan fingerprint density at radius 1 is 1.12 bits per heavy atom. The molecule has 0 aliphatic heterocycles. The van der Waals surface area contributed by atoms with Crippen LogP contribution in [0.15, 0.2) is 59.3 Å². The van der Waals surface area contributed by atoms with Crippen LogP contribution in [0.25, 0.3) is 22.7 Å². The van der Waals surface area contributed by atoms with Gasteiger partial charge >= 0.3 is 0 Å². The third kappa shape index (κ3) is 3.05. The minimum atomic E-state index is -0.474. The summed E-state index contributed by atoms with van der Waals surface area (Å²) >= 11 is 5.99. The highest BCUT2D eigenvalue weighted by Crippen LogP contribution is 2.29. The van der Waals surface area contributed by atoms with Crippen LogP contribution in [0.2, 0.25) is 5.02 Å². The van der Waals surface area contributed by atoms with Crippen molar-refractivity contribution in [1.29, 1.82) is 0 Å². The zero-order valence-corrected chi connectivity index (χ0v) is 13.8. The van der Waals surface area contributed by atoms with Crippen LogP contribution in [-0.4, -0.2) is 19.9 Å². The third-order valence-corrected chi connectivity index (χ3v) is 3.82. The Hall–Kier alpha value is -3.52. The number of nitro groups is 1. The summed E-state index contributed by atoms with van der Waals surface area (Å²) in [4.78, 5) is 23.1. The van der Waals surface area contributed by atoms with E-state index in [9.17, 15) is 10.1 Å². The number of rotatable bonds is 4. The maximum absolute atomic E-state index is 11.0. The van der Waals surface area contributed by atoms with E-state index < -0.39 is 4.92 Å². The lowest BCUT2D eigenvalue weighted by molar-refractivity contribution is -0.384. The van der Waals surface area contributed by atoms with E-state index >= 15 is 0 Å². The lowest BCUT2D eigenvalue weighted by atomic mass is 10.2. The fourth-order valence-electron chi connectivity index (χ4n) is 2.42. The van der Waals surface area contributed by atoms with Crippen molar-refractivity contribution in [3.8, 4) is 11.5 Å². The molecule has 2 heterocycles. The van der Waals surface area contributed by atoms with Gasteiger partial charge in [-0.05, 0) is 24.3 Å². The Kier molecular flexibility index (Phi) is 3.94. The summed E-state index contributed by atoms with van der Waals surface area (Å²) in [5.41, 5.74) is 1.84. The van der Waals surface area contributed by atoms with Crippen LogP contribution < -0.4 is 5.32 Å². The topological polar surface area (TPSA) is 107 Å². The normalized spacial score (nSPS) is 10.8. The first-order chi connectivity index (χ1) is 12.6. The number of oxazole rings is 1. The van der Waals surface area contributed by atoms with Crippen molar-refractivity contribution >= 4 is 40.0 Å². The molecule has 0 aliphatic rings. The molecule has 0 atom stereocenters. The molecule has 0 bridgehead atoms. The SMILES string of the molecule is O=[N+]([O-])c1cccc(-c2nc3c(Nc4cccc(Cl)c4)ncnc3o2)c1. The maximum atomic E-state index is 11.0. The highest BCUT2D eigenvalue weighted by molar-refractivity contribution is 6.30. The number of hydrogen-bond acceptors (Lipinski definition) is 7. The van der Waals surface area contributed by atoms with E-state index in [2.05, 4.69) is 20.3 Å². The van der Waals surface area contributed by atoms with Crippen LogP contribution in [0.5, 0.6) is 0 Å². The lowest BCUT2D eigenvalue weighted by Crippen LogP contribution is -1.95. The van der Waals surface area contributed by atoms with Gasteiger partial charge in [0.2, 0.25) is 5.89 Å². The summed E-state index contributed by atoms with van der Waals surface area (Å²) in [5, 5.41) is 14.6. The molecule has 0 amide bonds. The molecule has 4 aromatic rings. The number of anilines is 2. The molecule has 0 unspecified atom stereocenters. The molecule has 0 radical (unpaired) electrons. The minimum absolute atomic E-state index is 0.0480. The van der Waals surface area contributed by atoms with E-state index in [1.54, 1.807) is 30.3 Å². The smallest absolute Gasteiger partial charge is 0.270 e. The highest BCUT2D eigenvalue weighted by Gasteiger charge is 2.16. The molecule has 128 valence electrons. The molecular formula is C17H10ClN5O3. The number of benzene rings is 2. The summed E-state index contributed by atoms with van der Waals surface area (Å²) < 4.78 is 5.64. The fraction of sp³-hybridized carbons (Fsp3) is 0. The van der Waals surface area contributed by atoms with Gasteiger partial charge in [0.05, 0.1) is 4.92 Å². The first-order valence-electron chi connectivity index (χ1n) is 7.49. The summed E-state index contributed by atoms with van der Waals surface area (Å²) in [6.45, 7) is 0. The Balaban J connectivity index is 1.76. The van der Waals surface area contributed by atoms with E-state index in [0.29, 0.717) is 21.9 Å². The average Bonchev–Trinajstić information content (AvgIpc) is 3.07. The van der Waals surface area contributed by atoms with Gasteiger partial charge in [-0.2, -0.15) is 4.98 Å². The maximum Gasteiger partial charge on any atom is 0.270 e. The van der Waals surface area contributed by atoms with Gasteiger partial charge < -0.3 is 9.73 Å². The molecule has 1 N–H and O–H groups in total. The van der Waals surface area contributed by atoms with Crippen LogP contribution in [0.4, 0.5) is 17.2 Å². The first-order valence-corrected chi connectivity index (χ1v) is 7.87. The summed E-state index contributed by atoms with van der Waals surface area (Å²) in [6.07, 6.45) is 1.34. The number of non-ortho nitro benzene ring substituents is 1. The third-order valence-electron chi connectivity index (χ3n) is 3.59. The Morgan fingerprint density at radius 3 is 2.77 bits per heavy atom. The molecular weight excluding hydrogens is 358 g/mol. The van der Waals surface area contributed by atoms with Crippen LogP contribution in [0.3, 0.4) is 0 Å².